The lowest BCUT2D eigenvalue weighted by Crippen LogP contribution is -2.54. The van der Waals surface area contributed by atoms with Gasteiger partial charge in [-0.3, -0.25) is 4.90 Å². The number of benzene rings is 1. The predicted octanol–water partition coefficient (Wildman–Crippen LogP) is 2.19. The average molecular weight is 248 g/mol. The maximum absolute atomic E-state index is 5.46. The summed E-state index contributed by atoms with van der Waals surface area (Å²) in [5, 5.41) is 3.51. The molecule has 1 aliphatic rings. The van der Waals surface area contributed by atoms with Gasteiger partial charge < -0.3 is 10.1 Å². The van der Waals surface area contributed by atoms with Gasteiger partial charge in [0.1, 0.15) is 5.75 Å². The van der Waals surface area contributed by atoms with Gasteiger partial charge in [0.25, 0.3) is 0 Å². The molecule has 3 heteroatoms. The molecule has 18 heavy (non-hydrogen) atoms. The lowest BCUT2D eigenvalue weighted by Gasteiger charge is -2.38. The number of rotatable bonds is 3. The topological polar surface area (TPSA) is 24.5 Å². The molecule has 100 valence electrons. The lowest BCUT2D eigenvalue weighted by atomic mass is 10.0. The Morgan fingerprint density at radius 3 is 2.89 bits per heavy atom. The highest BCUT2D eigenvalue weighted by molar-refractivity contribution is 5.36. The molecule has 0 spiro atoms. The number of nitrogens with zero attached hydrogens (tertiary/aromatic N) is 1. The number of hydrogen-bond donors (Lipinski definition) is 1. The van der Waals surface area contributed by atoms with Crippen molar-refractivity contribution in [1.29, 1.82) is 0 Å². The predicted molar refractivity (Wildman–Crippen MR) is 75.1 cm³/mol. The fourth-order valence-corrected chi connectivity index (χ4v) is 2.60. The Morgan fingerprint density at radius 1 is 1.39 bits per heavy atom. The number of piperazine rings is 1. The molecule has 2 unspecified atom stereocenters. The van der Waals surface area contributed by atoms with E-state index in [1.54, 1.807) is 7.11 Å². The molecule has 2 atom stereocenters. The third kappa shape index (κ3) is 2.85. The summed E-state index contributed by atoms with van der Waals surface area (Å²) in [5.41, 5.74) is 2.58. The van der Waals surface area contributed by atoms with E-state index in [-0.39, 0.29) is 0 Å². The van der Waals surface area contributed by atoms with Crippen molar-refractivity contribution >= 4 is 0 Å². The molecular weight excluding hydrogens is 224 g/mol. The summed E-state index contributed by atoms with van der Waals surface area (Å²) in [5.74, 6) is 0.999. The summed E-state index contributed by atoms with van der Waals surface area (Å²) in [6.45, 7) is 9.82. The van der Waals surface area contributed by atoms with Gasteiger partial charge in [-0.2, -0.15) is 0 Å². The average Bonchev–Trinajstić information content (AvgIpc) is 2.35. The minimum Gasteiger partial charge on any atom is -0.496 e. The highest BCUT2D eigenvalue weighted by atomic mass is 16.5. The van der Waals surface area contributed by atoms with Crippen molar-refractivity contribution in [2.45, 2.75) is 39.4 Å². The van der Waals surface area contributed by atoms with E-state index in [4.69, 9.17) is 4.74 Å². The Morgan fingerprint density at radius 2 is 2.17 bits per heavy atom. The highest BCUT2D eigenvalue weighted by Gasteiger charge is 2.24. The molecular formula is C15H24N2O. The molecule has 1 aliphatic heterocycles. The van der Waals surface area contributed by atoms with Gasteiger partial charge in [-0.15, -0.1) is 0 Å². The number of hydrogen-bond acceptors (Lipinski definition) is 3. The molecule has 1 N–H and O–H groups in total. The summed E-state index contributed by atoms with van der Waals surface area (Å²) in [6.07, 6.45) is 0. The zero-order valence-corrected chi connectivity index (χ0v) is 11.9. The molecule has 0 aliphatic carbocycles. The van der Waals surface area contributed by atoms with Gasteiger partial charge in [0, 0.05) is 37.3 Å². The van der Waals surface area contributed by atoms with Crippen LogP contribution in [0.1, 0.15) is 25.0 Å². The van der Waals surface area contributed by atoms with E-state index in [2.05, 4.69) is 49.2 Å². The fourth-order valence-electron chi connectivity index (χ4n) is 2.60. The Kier molecular flexibility index (Phi) is 4.25. The van der Waals surface area contributed by atoms with Crippen LogP contribution in [0.5, 0.6) is 5.75 Å². The van der Waals surface area contributed by atoms with E-state index < -0.39 is 0 Å². The van der Waals surface area contributed by atoms with Gasteiger partial charge in [0.2, 0.25) is 0 Å². The van der Waals surface area contributed by atoms with Crippen LogP contribution in [-0.2, 0) is 6.54 Å². The van der Waals surface area contributed by atoms with E-state index in [9.17, 15) is 0 Å². The molecule has 1 fully saturated rings. The molecule has 1 heterocycles. The molecule has 0 aromatic heterocycles. The van der Waals surface area contributed by atoms with Crippen LogP contribution in [0.15, 0.2) is 18.2 Å². The minimum absolute atomic E-state index is 0.551. The smallest absolute Gasteiger partial charge is 0.123 e. The summed E-state index contributed by atoms with van der Waals surface area (Å²) in [6, 6.07) is 7.52. The Balaban J connectivity index is 2.15. The third-order valence-corrected chi connectivity index (χ3v) is 3.97. The largest absolute Gasteiger partial charge is 0.496 e. The molecule has 1 aromatic carbocycles. The fraction of sp³-hybridized carbons (Fsp3) is 0.600. The summed E-state index contributed by atoms with van der Waals surface area (Å²) < 4.78 is 5.46. The van der Waals surface area contributed by atoms with Crippen LogP contribution in [0.4, 0.5) is 0 Å². The van der Waals surface area contributed by atoms with Crippen LogP contribution in [-0.4, -0.2) is 37.2 Å². The minimum atomic E-state index is 0.551. The molecule has 3 nitrogen and oxygen atoms in total. The van der Waals surface area contributed by atoms with E-state index in [0.29, 0.717) is 12.1 Å². The van der Waals surface area contributed by atoms with Crippen LogP contribution in [0.2, 0.25) is 0 Å². The van der Waals surface area contributed by atoms with Crippen LogP contribution < -0.4 is 10.1 Å². The van der Waals surface area contributed by atoms with Gasteiger partial charge >= 0.3 is 0 Å². The van der Waals surface area contributed by atoms with Crippen molar-refractivity contribution in [3.63, 3.8) is 0 Å². The van der Waals surface area contributed by atoms with Gasteiger partial charge in [-0.05, 0) is 26.8 Å². The molecule has 1 saturated heterocycles. The summed E-state index contributed by atoms with van der Waals surface area (Å²) in [7, 11) is 1.75. The van der Waals surface area contributed by atoms with E-state index in [1.807, 2.05) is 0 Å². The number of methoxy groups -OCH3 is 1. The van der Waals surface area contributed by atoms with Crippen molar-refractivity contribution in [2.75, 3.05) is 20.2 Å². The van der Waals surface area contributed by atoms with Gasteiger partial charge in [-0.25, -0.2) is 0 Å². The number of aryl methyl sites for hydroxylation is 1. The molecule has 0 amide bonds. The highest BCUT2D eigenvalue weighted by Crippen LogP contribution is 2.23. The first-order chi connectivity index (χ1) is 8.61. The van der Waals surface area contributed by atoms with Crippen molar-refractivity contribution in [1.82, 2.24) is 10.2 Å². The Labute approximate surface area is 110 Å². The zero-order chi connectivity index (χ0) is 13.1. The quantitative estimate of drug-likeness (QED) is 0.887. The van der Waals surface area contributed by atoms with Crippen molar-refractivity contribution in [3.05, 3.63) is 29.3 Å². The summed E-state index contributed by atoms with van der Waals surface area (Å²) >= 11 is 0. The third-order valence-electron chi connectivity index (χ3n) is 3.97. The maximum Gasteiger partial charge on any atom is 0.123 e. The lowest BCUT2D eigenvalue weighted by molar-refractivity contribution is 0.129. The van der Waals surface area contributed by atoms with E-state index in [0.717, 1.165) is 25.4 Å². The van der Waals surface area contributed by atoms with Gasteiger partial charge in [-0.1, -0.05) is 17.7 Å². The Hall–Kier alpha value is -1.06. The van der Waals surface area contributed by atoms with E-state index in [1.165, 1.54) is 11.1 Å². The maximum atomic E-state index is 5.46. The van der Waals surface area contributed by atoms with Crippen molar-refractivity contribution in [2.24, 2.45) is 0 Å². The second-order valence-corrected chi connectivity index (χ2v) is 5.27. The number of nitrogens with one attached hydrogen (secondary N) is 1. The van der Waals surface area contributed by atoms with Crippen LogP contribution in [0.25, 0.3) is 0 Å². The summed E-state index contributed by atoms with van der Waals surface area (Å²) in [4.78, 5) is 2.53. The van der Waals surface area contributed by atoms with Gasteiger partial charge in [0.15, 0.2) is 0 Å². The first-order valence-corrected chi connectivity index (χ1v) is 6.72. The first kappa shape index (κ1) is 13.4. The van der Waals surface area contributed by atoms with E-state index >= 15 is 0 Å². The van der Waals surface area contributed by atoms with Gasteiger partial charge in [0.05, 0.1) is 7.11 Å². The standard InChI is InChI=1S/C15H24N2O/c1-11-5-6-15(18-4)14(9-11)10-17-8-7-16-12(2)13(17)3/h5-6,9,12-13,16H,7-8,10H2,1-4H3. The molecule has 0 saturated carbocycles. The normalized spacial score (nSPS) is 25.1. The molecule has 2 rings (SSSR count). The SMILES string of the molecule is COc1ccc(C)cc1CN1CCNC(C)C1C. The second kappa shape index (κ2) is 5.72. The second-order valence-electron chi connectivity index (χ2n) is 5.27. The molecule has 0 radical (unpaired) electrons. The van der Waals surface area contributed by atoms with Crippen molar-refractivity contribution < 1.29 is 4.74 Å². The monoisotopic (exact) mass is 248 g/mol. The Bertz CT molecular complexity index is 405. The molecule has 0 bridgehead atoms. The van der Waals surface area contributed by atoms with Crippen LogP contribution >= 0.6 is 0 Å². The van der Waals surface area contributed by atoms with Crippen LogP contribution in [0, 0.1) is 6.92 Å². The van der Waals surface area contributed by atoms with Crippen LogP contribution in [0.3, 0.4) is 0 Å². The molecule has 1 aromatic rings. The zero-order valence-electron chi connectivity index (χ0n) is 11.9. The first-order valence-electron chi connectivity index (χ1n) is 6.72. The van der Waals surface area contributed by atoms with Crippen molar-refractivity contribution in [3.8, 4) is 5.75 Å². The number of ether oxygens (including phenoxy) is 1.